The van der Waals surface area contributed by atoms with Crippen molar-refractivity contribution in [1.82, 2.24) is 4.98 Å². The summed E-state index contributed by atoms with van der Waals surface area (Å²) in [5.41, 5.74) is 5.74. The number of aromatic amines is 1. The van der Waals surface area contributed by atoms with Gasteiger partial charge in [0.25, 0.3) is 5.56 Å². The first-order chi connectivity index (χ1) is 19.1. The minimum absolute atomic E-state index is 0.0374. The predicted octanol–water partition coefficient (Wildman–Crippen LogP) is 7.37. The van der Waals surface area contributed by atoms with Crippen molar-refractivity contribution in [3.63, 3.8) is 0 Å². The third kappa shape index (κ3) is 5.06. The molecule has 0 radical (unpaired) electrons. The number of rotatable bonds is 5. The minimum Gasteiger partial charge on any atom is -0.366 e. The maximum atomic E-state index is 13.6. The van der Waals surface area contributed by atoms with Crippen LogP contribution in [0.2, 0.25) is 5.02 Å². The van der Waals surface area contributed by atoms with Crippen LogP contribution in [0.1, 0.15) is 12.8 Å². The molecule has 5 aromatic rings. The molecule has 1 aliphatic rings. The molecule has 1 aliphatic heterocycles. The molecule has 194 valence electrons. The average molecular weight is 534 g/mol. The van der Waals surface area contributed by atoms with Gasteiger partial charge in [-0.2, -0.15) is 0 Å². The Labute approximate surface area is 232 Å². The highest BCUT2D eigenvalue weighted by Crippen LogP contribution is 2.37. The zero-order valence-corrected chi connectivity index (χ0v) is 22.1. The van der Waals surface area contributed by atoms with Crippen LogP contribution in [0, 0.1) is 5.92 Å². The van der Waals surface area contributed by atoms with E-state index < -0.39 is 0 Å². The van der Waals surface area contributed by atoms with Gasteiger partial charge in [-0.1, -0.05) is 90.5 Å². The molecule has 1 aromatic heterocycles. The molecule has 1 amide bonds. The van der Waals surface area contributed by atoms with Gasteiger partial charge in [-0.3, -0.25) is 9.59 Å². The second-order valence-electron chi connectivity index (χ2n) is 9.92. The Morgan fingerprint density at radius 1 is 0.872 bits per heavy atom. The van der Waals surface area contributed by atoms with Crippen LogP contribution in [0.3, 0.4) is 0 Å². The highest BCUT2D eigenvalue weighted by molar-refractivity contribution is 6.31. The van der Waals surface area contributed by atoms with Crippen LogP contribution in [-0.4, -0.2) is 24.0 Å². The van der Waals surface area contributed by atoms with Gasteiger partial charge in [0.1, 0.15) is 5.69 Å². The summed E-state index contributed by atoms with van der Waals surface area (Å²) < 4.78 is 0. The fraction of sp³-hybridized carbons (Fsp3) is 0.152. The first-order valence-electron chi connectivity index (χ1n) is 13.2. The van der Waals surface area contributed by atoms with E-state index in [1.165, 1.54) is 0 Å². The Balaban J connectivity index is 1.34. The summed E-state index contributed by atoms with van der Waals surface area (Å²) in [5, 5.41) is 4.66. The molecule has 0 saturated carbocycles. The van der Waals surface area contributed by atoms with E-state index in [9.17, 15) is 9.59 Å². The van der Waals surface area contributed by atoms with Gasteiger partial charge in [-0.05, 0) is 48.2 Å². The number of piperidine rings is 1. The topological polar surface area (TPSA) is 65.2 Å². The van der Waals surface area contributed by atoms with E-state index in [-0.39, 0.29) is 17.4 Å². The zero-order chi connectivity index (χ0) is 26.8. The first-order valence-corrected chi connectivity index (χ1v) is 13.6. The van der Waals surface area contributed by atoms with Crippen LogP contribution in [-0.2, 0) is 4.79 Å². The number of nitrogens with one attached hydrogen (secondary N) is 2. The van der Waals surface area contributed by atoms with Crippen LogP contribution < -0.4 is 15.8 Å². The van der Waals surface area contributed by atoms with Gasteiger partial charge in [-0.15, -0.1) is 0 Å². The molecular formula is C33H28ClN3O2. The summed E-state index contributed by atoms with van der Waals surface area (Å²) >= 11 is 6.40. The van der Waals surface area contributed by atoms with E-state index >= 15 is 0 Å². The van der Waals surface area contributed by atoms with Crippen LogP contribution in [0.25, 0.3) is 33.2 Å². The zero-order valence-electron chi connectivity index (χ0n) is 21.4. The molecule has 0 aliphatic carbocycles. The van der Waals surface area contributed by atoms with E-state index in [0.717, 1.165) is 51.7 Å². The molecule has 4 aromatic carbocycles. The molecule has 2 heterocycles. The number of carbonyl (C=O) groups is 1. The van der Waals surface area contributed by atoms with Gasteiger partial charge in [-0.25, -0.2) is 0 Å². The fourth-order valence-electron chi connectivity index (χ4n) is 5.54. The number of aromatic nitrogens is 1. The Bertz CT molecular complexity index is 1700. The van der Waals surface area contributed by atoms with Crippen molar-refractivity contribution < 1.29 is 4.79 Å². The van der Waals surface area contributed by atoms with Gasteiger partial charge in [0.05, 0.1) is 5.92 Å². The molecule has 0 spiro atoms. The van der Waals surface area contributed by atoms with Gasteiger partial charge >= 0.3 is 0 Å². The van der Waals surface area contributed by atoms with Crippen molar-refractivity contribution in [3.8, 4) is 22.3 Å². The SMILES string of the molecule is O=C(Nc1ccccc1-c1ccccc1)[C@H]1CCCN(c2c(-c3ccccc3)c3cc(Cl)ccc3[nH]c2=O)C1. The quantitative estimate of drug-likeness (QED) is 0.248. The van der Waals surface area contributed by atoms with Crippen LogP contribution >= 0.6 is 11.6 Å². The van der Waals surface area contributed by atoms with E-state index in [0.29, 0.717) is 23.8 Å². The summed E-state index contributed by atoms with van der Waals surface area (Å²) in [4.78, 5) is 32.2. The molecule has 2 N–H and O–H groups in total. The molecule has 6 heteroatoms. The Morgan fingerprint density at radius 3 is 2.33 bits per heavy atom. The molecule has 1 fully saturated rings. The lowest BCUT2D eigenvalue weighted by atomic mass is 9.93. The maximum absolute atomic E-state index is 13.6. The third-order valence-electron chi connectivity index (χ3n) is 7.39. The number of para-hydroxylation sites is 1. The number of nitrogens with zero attached hydrogens (tertiary/aromatic N) is 1. The molecule has 1 atom stereocenters. The van der Waals surface area contributed by atoms with Crippen molar-refractivity contribution in [3.05, 3.63) is 119 Å². The second-order valence-corrected chi connectivity index (χ2v) is 10.4. The molecule has 5 nitrogen and oxygen atoms in total. The van der Waals surface area contributed by atoms with E-state index in [1.807, 2.05) is 97.1 Å². The van der Waals surface area contributed by atoms with Crippen molar-refractivity contribution in [2.75, 3.05) is 23.3 Å². The standard InChI is InChI=1S/C33H28ClN3O2/c34-25-17-18-29-27(20-25)30(23-12-5-2-6-13-23)31(33(39)36-29)37-19-9-14-24(21-37)32(38)35-28-16-8-7-15-26(28)22-10-3-1-4-11-22/h1-8,10-13,15-18,20,24H,9,14,19,21H2,(H,35,38)(H,36,39)/t24-/m0/s1. The number of H-pyrrole nitrogens is 1. The molecule has 6 rings (SSSR count). The van der Waals surface area contributed by atoms with Gasteiger partial charge in [0, 0.05) is 45.8 Å². The van der Waals surface area contributed by atoms with Crippen molar-refractivity contribution >= 4 is 39.8 Å². The molecule has 0 unspecified atom stereocenters. The number of pyridine rings is 1. The van der Waals surface area contributed by atoms with Crippen molar-refractivity contribution in [1.29, 1.82) is 0 Å². The number of halogens is 1. The minimum atomic E-state index is -0.263. The Morgan fingerprint density at radius 2 is 1.56 bits per heavy atom. The first kappa shape index (κ1) is 25.0. The number of carbonyl (C=O) groups excluding carboxylic acids is 1. The molecule has 1 saturated heterocycles. The molecule has 0 bridgehead atoms. The summed E-state index contributed by atoms with van der Waals surface area (Å²) in [5.74, 6) is -0.301. The van der Waals surface area contributed by atoms with Crippen LogP contribution in [0.4, 0.5) is 11.4 Å². The van der Waals surface area contributed by atoms with Crippen LogP contribution in [0.5, 0.6) is 0 Å². The summed E-state index contributed by atoms with van der Waals surface area (Å²) in [6.45, 7) is 1.15. The van der Waals surface area contributed by atoms with Crippen LogP contribution in [0.15, 0.2) is 108 Å². The lowest BCUT2D eigenvalue weighted by Crippen LogP contribution is -2.43. The number of hydrogen-bond acceptors (Lipinski definition) is 3. The van der Waals surface area contributed by atoms with E-state index in [4.69, 9.17) is 11.6 Å². The van der Waals surface area contributed by atoms with E-state index in [2.05, 4.69) is 15.2 Å². The molecule has 39 heavy (non-hydrogen) atoms. The van der Waals surface area contributed by atoms with Gasteiger partial charge in [0.2, 0.25) is 5.91 Å². The summed E-state index contributed by atoms with van der Waals surface area (Å²) in [7, 11) is 0. The summed E-state index contributed by atoms with van der Waals surface area (Å²) in [6.07, 6.45) is 1.56. The monoisotopic (exact) mass is 533 g/mol. The third-order valence-corrected chi connectivity index (χ3v) is 7.63. The lowest BCUT2D eigenvalue weighted by Gasteiger charge is -2.34. The number of anilines is 2. The Kier molecular flexibility index (Phi) is 6.91. The number of fused-ring (bicyclic) bond motifs is 1. The lowest BCUT2D eigenvalue weighted by molar-refractivity contribution is -0.120. The average Bonchev–Trinajstić information content (AvgIpc) is 2.98. The highest BCUT2D eigenvalue weighted by atomic mass is 35.5. The van der Waals surface area contributed by atoms with E-state index in [1.54, 1.807) is 6.07 Å². The number of benzene rings is 4. The normalized spacial score (nSPS) is 15.3. The fourth-order valence-corrected chi connectivity index (χ4v) is 5.72. The highest BCUT2D eigenvalue weighted by Gasteiger charge is 2.30. The van der Waals surface area contributed by atoms with Crippen molar-refractivity contribution in [2.24, 2.45) is 5.92 Å². The predicted molar refractivity (Wildman–Crippen MR) is 160 cm³/mol. The number of amides is 1. The number of hydrogen-bond donors (Lipinski definition) is 2. The largest absolute Gasteiger partial charge is 0.366 e. The maximum Gasteiger partial charge on any atom is 0.272 e. The van der Waals surface area contributed by atoms with Crippen molar-refractivity contribution in [2.45, 2.75) is 12.8 Å². The Hall–Kier alpha value is -4.35. The smallest absolute Gasteiger partial charge is 0.272 e. The van der Waals surface area contributed by atoms with Gasteiger partial charge < -0.3 is 15.2 Å². The molecular weight excluding hydrogens is 506 g/mol. The summed E-state index contributed by atoms with van der Waals surface area (Å²) in [6, 6.07) is 33.3. The second kappa shape index (κ2) is 10.8. The van der Waals surface area contributed by atoms with Gasteiger partial charge in [0.15, 0.2) is 0 Å².